The first-order chi connectivity index (χ1) is 13.7. The van der Waals surface area contributed by atoms with Gasteiger partial charge in [0.05, 0.1) is 6.61 Å². The molecule has 0 saturated carbocycles. The van der Waals surface area contributed by atoms with Crippen LogP contribution in [-0.4, -0.2) is 44.6 Å². The molecular weight excluding hydrogens is 350 g/mol. The Bertz CT molecular complexity index is 893. The quantitative estimate of drug-likeness (QED) is 0.715. The topological polar surface area (TPSA) is 67.1 Å². The normalized spacial score (nSPS) is 19.7. The fraction of sp³-hybridized carbons (Fsp3) is 0.409. The first-order valence-corrected chi connectivity index (χ1v) is 9.90. The molecule has 0 unspecified atom stereocenters. The van der Waals surface area contributed by atoms with Crippen molar-refractivity contribution in [3.63, 3.8) is 0 Å². The fourth-order valence-corrected chi connectivity index (χ4v) is 4.10. The lowest BCUT2D eigenvalue weighted by molar-refractivity contribution is 0.0962. The number of aromatic nitrogens is 4. The monoisotopic (exact) mass is 377 g/mol. The van der Waals surface area contributed by atoms with Crippen LogP contribution in [0.15, 0.2) is 54.9 Å². The molecule has 1 N–H and O–H groups in total. The summed E-state index contributed by atoms with van der Waals surface area (Å²) in [6, 6.07) is 14.5. The van der Waals surface area contributed by atoms with Crippen LogP contribution in [0.3, 0.4) is 0 Å². The van der Waals surface area contributed by atoms with Crippen molar-refractivity contribution in [2.45, 2.75) is 25.7 Å². The second kappa shape index (κ2) is 8.10. The molecule has 3 aromatic rings. The molecule has 1 aliphatic heterocycles. The van der Waals surface area contributed by atoms with Crippen molar-refractivity contribution in [3.05, 3.63) is 60.4 Å². The second-order valence-electron chi connectivity index (χ2n) is 7.81. The van der Waals surface area contributed by atoms with Gasteiger partial charge >= 0.3 is 0 Å². The largest absolute Gasteiger partial charge is 0.396 e. The van der Waals surface area contributed by atoms with Gasteiger partial charge in [0.15, 0.2) is 11.6 Å². The van der Waals surface area contributed by atoms with Crippen molar-refractivity contribution < 1.29 is 5.11 Å². The maximum Gasteiger partial charge on any atom is 0.160 e. The lowest BCUT2D eigenvalue weighted by Gasteiger charge is -2.42. The summed E-state index contributed by atoms with van der Waals surface area (Å²) in [7, 11) is 1.95. The number of hydrogen-bond donors (Lipinski definition) is 1. The Balaban J connectivity index is 1.47. The maximum atomic E-state index is 10.2. The lowest BCUT2D eigenvalue weighted by atomic mass is 9.76. The number of nitrogens with zero attached hydrogens (tertiary/aromatic N) is 5. The van der Waals surface area contributed by atoms with Gasteiger partial charge in [0.2, 0.25) is 0 Å². The van der Waals surface area contributed by atoms with E-state index in [-0.39, 0.29) is 12.0 Å². The summed E-state index contributed by atoms with van der Waals surface area (Å²) in [6.07, 6.45) is 7.72. The van der Waals surface area contributed by atoms with Crippen molar-refractivity contribution in [2.24, 2.45) is 12.5 Å². The van der Waals surface area contributed by atoms with E-state index in [1.165, 1.54) is 5.56 Å². The SMILES string of the molecule is Cn1ccnc1-c1ccc(N2CCC[C@](CO)(CCc3ccccc3)C2)nn1. The lowest BCUT2D eigenvalue weighted by Crippen LogP contribution is -2.46. The molecule has 0 radical (unpaired) electrons. The van der Waals surface area contributed by atoms with Gasteiger partial charge in [-0.15, -0.1) is 10.2 Å². The summed E-state index contributed by atoms with van der Waals surface area (Å²) >= 11 is 0. The van der Waals surface area contributed by atoms with Gasteiger partial charge in [-0.3, -0.25) is 0 Å². The van der Waals surface area contributed by atoms with Crippen molar-refractivity contribution in [3.8, 4) is 11.5 Å². The zero-order chi connectivity index (χ0) is 19.4. The van der Waals surface area contributed by atoms with Crippen LogP contribution in [0.5, 0.6) is 0 Å². The predicted octanol–water partition coefficient (Wildman–Crippen LogP) is 3.09. The molecule has 2 aromatic heterocycles. The number of aliphatic hydroxyl groups excluding tert-OH is 1. The van der Waals surface area contributed by atoms with Crippen LogP contribution in [0.1, 0.15) is 24.8 Å². The fourth-order valence-electron chi connectivity index (χ4n) is 4.10. The molecule has 1 aromatic carbocycles. The second-order valence-corrected chi connectivity index (χ2v) is 7.81. The molecule has 6 heteroatoms. The van der Waals surface area contributed by atoms with E-state index >= 15 is 0 Å². The van der Waals surface area contributed by atoms with Gasteiger partial charge < -0.3 is 14.6 Å². The van der Waals surface area contributed by atoms with E-state index in [1.54, 1.807) is 6.20 Å². The summed E-state index contributed by atoms with van der Waals surface area (Å²) in [4.78, 5) is 6.60. The molecule has 1 fully saturated rings. The standard InChI is InChI=1S/C22H27N5O/c1-26-15-13-23-21(26)19-8-9-20(25-24-19)27-14-5-11-22(16-27,17-28)12-10-18-6-3-2-4-7-18/h2-4,6-9,13,15,28H,5,10-12,14,16-17H2,1H3/t22-/m0/s1. The van der Waals surface area contributed by atoms with Crippen LogP contribution in [0.2, 0.25) is 0 Å². The van der Waals surface area contributed by atoms with Gasteiger partial charge in [0.1, 0.15) is 5.69 Å². The molecule has 0 amide bonds. The average molecular weight is 377 g/mol. The minimum absolute atomic E-state index is 0.0892. The number of aliphatic hydroxyl groups is 1. The predicted molar refractivity (Wildman–Crippen MR) is 110 cm³/mol. The highest BCUT2D eigenvalue weighted by Gasteiger charge is 2.35. The van der Waals surface area contributed by atoms with E-state index in [4.69, 9.17) is 0 Å². The molecule has 3 heterocycles. The van der Waals surface area contributed by atoms with Gasteiger partial charge in [-0.05, 0) is 43.4 Å². The first kappa shape index (κ1) is 18.6. The van der Waals surface area contributed by atoms with Crippen LogP contribution < -0.4 is 4.90 Å². The summed E-state index contributed by atoms with van der Waals surface area (Å²) < 4.78 is 1.94. The zero-order valence-electron chi connectivity index (χ0n) is 16.3. The molecule has 1 atom stereocenters. The summed E-state index contributed by atoms with van der Waals surface area (Å²) in [6.45, 7) is 1.96. The number of piperidine rings is 1. The molecule has 1 aliphatic rings. The Kier molecular flexibility index (Phi) is 5.39. The summed E-state index contributed by atoms with van der Waals surface area (Å²) in [5.41, 5.74) is 2.01. The molecule has 0 spiro atoms. The first-order valence-electron chi connectivity index (χ1n) is 9.90. The maximum absolute atomic E-state index is 10.2. The zero-order valence-corrected chi connectivity index (χ0v) is 16.3. The van der Waals surface area contributed by atoms with Crippen molar-refractivity contribution in [1.29, 1.82) is 0 Å². The van der Waals surface area contributed by atoms with Gasteiger partial charge in [-0.25, -0.2) is 4.98 Å². The Hall–Kier alpha value is -2.73. The van der Waals surface area contributed by atoms with Gasteiger partial charge in [-0.2, -0.15) is 0 Å². The smallest absolute Gasteiger partial charge is 0.160 e. The van der Waals surface area contributed by atoms with Crippen LogP contribution in [0.25, 0.3) is 11.5 Å². The van der Waals surface area contributed by atoms with Crippen LogP contribution in [-0.2, 0) is 13.5 Å². The Labute approximate surface area is 165 Å². The van der Waals surface area contributed by atoms with Gasteiger partial charge in [-0.1, -0.05) is 30.3 Å². The molecule has 0 bridgehead atoms. The number of imidazole rings is 1. The molecule has 146 valence electrons. The highest BCUT2D eigenvalue weighted by molar-refractivity contribution is 5.52. The number of aryl methyl sites for hydroxylation is 2. The molecule has 1 saturated heterocycles. The minimum Gasteiger partial charge on any atom is -0.396 e. The van der Waals surface area contributed by atoms with E-state index in [0.717, 1.165) is 56.1 Å². The summed E-state index contributed by atoms with van der Waals surface area (Å²) in [5, 5.41) is 19.1. The minimum atomic E-state index is -0.0892. The van der Waals surface area contributed by atoms with Crippen LogP contribution in [0, 0.1) is 5.41 Å². The number of rotatable bonds is 6. The van der Waals surface area contributed by atoms with E-state index in [9.17, 15) is 5.11 Å². The molecule has 28 heavy (non-hydrogen) atoms. The number of benzene rings is 1. The third kappa shape index (κ3) is 3.92. The Morgan fingerprint density at radius 1 is 1.11 bits per heavy atom. The van der Waals surface area contributed by atoms with E-state index < -0.39 is 0 Å². The Morgan fingerprint density at radius 2 is 1.96 bits per heavy atom. The van der Waals surface area contributed by atoms with Crippen molar-refractivity contribution in [2.75, 3.05) is 24.6 Å². The molecule has 6 nitrogen and oxygen atoms in total. The van der Waals surface area contributed by atoms with Crippen molar-refractivity contribution in [1.82, 2.24) is 19.7 Å². The van der Waals surface area contributed by atoms with E-state index in [0.29, 0.717) is 0 Å². The van der Waals surface area contributed by atoms with Crippen LogP contribution in [0.4, 0.5) is 5.82 Å². The highest BCUT2D eigenvalue weighted by Crippen LogP contribution is 2.36. The van der Waals surface area contributed by atoms with Crippen molar-refractivity contribution >= 4 is 5.82 Å². The number of anilines is 1. The molecule has 0 aliphatic carbocycles. The van der Waals surface area contributed by atoms with Crippen LogP contribution >= 0.6 is 0 Å². The van der Waals surface area contributed by atoms with Gasteiger partial charge in [0.25, 0.3) is 0 Å². The van der Waals surface area contributed by atoms with E-state index in [2.05, 4.69) is 44.3 Å². The third-order valence-electron chi connectivity index (χ3n) is 5.81. The molecular formula is C22H27N5O. The molecule has 4 rings (SSSR count). The van der Waals surface area contributed by atoms with E-state index in [1.807, 2.05) is 36.0 Å². The highest BCUT2D eigenvalue weighted by atomic mass is 16.3. The average Bonchev–Trinajstić information content (AvgIpc) is 3.19. The third-order valence-corrected chi connectivity index (χ3v) is 5.81. The summed E-state index contributed by atoms with van der Waals surface area (Å²) in [5.74, 6) is 1.68. The number of hydrogen-bond acceptors (Lipinski definition) is 5. The van der Waals surface area contributed by atoms with Gasteiger partial charge in [0, 0.05) is 37.9 Å². The Morgan fingerprint density at radius 3 is 2.64 bits per heavy atom.